The maximum absolute atomic E-state index is 13.6. The predicted octanol–water partition coefficient (Wildman–Crippen LogP) is 6.23. The molecule has 2 rings (SSSR count). The molecule has 0 amide bonds. The molecule has 0 heterocycles. The average molecular weight is 467 g/mol. The summed E-state index contributed by atoms with van der Waals surface area (Å²) in [5, 5.41) is 0. The monoisotopic (exact) mass is 464 g/mol. The SMILES string of the molecule is CCOc1ccc(C(Br)c2cccc(F)c2Br)c(Br)c1. The Labute approximate surface area is 142 Å². The number of halogens is 4. The van der Waals surface area contributed by atoms with Crippen LogP contribution >= 0.6 is 47.8 Å². The van der Waals surface area contributed by atoms with Gasteiger partial charge in [-0.15, -0.1) is 0 Å². The Balaban J connectivity index is 2.38. The second-order valence-electron chi connectivity index (χ2n) is 4.12. The first-order chi connectivity index (χ1) is 9.54. The van der Waals surface area contributed by atoms with Crippen molar-refractivity contribution in [3.63, 3.8) is 0 Å². The minimum atomic E-state index is -0.269. The van der Waals surface area contributed by atoms with E-state index in [4.69, 9.17) is 4.74 Å². The lowest BCUT2D eigenvalue weighted by Crippen LogP contribution is -1.98. The second-order valence-corrected chi connectivity index (χ2v) is 6.68. The molecule has 2 aromatic carbocycles. The van der Waals surface area contributed by atoms with E-state index in [1.54, 1.807) is 6.07 Å². The minimum Gasteiger partial charge on any atom is -0.494 e. The molecule has 0 bridgehead atoms. The molecule has 2 aromatic rings. The number of hydrogen-bond donors (Lipinski definition) is 0. The van der Waals surface area contributed by atoms with Crippen LogP contribution in [0.2, 0.25) is 0 Å². The smallest absolute Gasteiger partial charge is 0.137 e. The van der Waals surface area contributed by atoms with Crippen LogP contribution in [0.3, 0.4) is 0 Å². The van der Waals surface area contributed by atoms with E-state index >= 15 is 0 Å². The fraction of sp³-hybridized carbons (Fsp3) is 0.200. The van der Waals surface area contributed by atoms with Crippen LogP contribution in [-0.2, 0) is 0 Å². The first kappa shape index (κ1) is 16.0. The van der Waals surface area contributed by atoms with Crippen molar-refractivity contribution < 1.29 is 9.13 Å². The van der Waals surface area contributed by atoms with Gasteiger partial charge >= 0.3 is 0 Å². The fourth-order valence-electron chi connectivity index (χ4n) is 1.85. The van der Waals surface area contributed by atoms with Crippen molar-refractivity contribution in [1.29, 1.82) is 0 Å². The average Bonchev–Trinajstić information content (AvgIpc) is 2.42. The van der Waals surface area contributed by atoms with Crippen molar-refractivity contribution in [2.75, 3.05) is 6.61 Å². The Kier molecular flexibility index (Phi) is 5.64. The van der Waals surface area contributed by atoms with Gasteiger partial charge in [0.05, 0.1) is 15.9 Å². The topological polar surface area (TPSA) is 9.23 Å². The summed E-state index contributed by atoms with van der Waals surface area (Å²) in [7, 11) is 0. The molecule has 0 aliphatic rings. The molecule has 0 N–H and O–H groups in total. The highest BCUT2D eigenvalue weighted by Crippen LogP contribution is 2.40. The molecule has 0 aromatic heterocycles. The van der Waals surface area contributed by atoms with E-state index in [-0.39, 0.29) is 10.6 Å². The van der Waals surface area contributed by atoms with Gasteiger partial charge in [0.2, 0.25) is 0 Å². The largest absolute Gasteiger partial charge is 0.494 e. The molecule has 0 radical (unpaired) electrons. The third-order valence-corrected chi connectivity index (χ3v) is 5.32. The van der Waals surface area contributed by atoms with Crippen LogP contribution in [0, 0.1) is 5.82 Å². The van der Waals surface area contributed by atoms with Gasteiger partial charge < -0.3 is 4.74 Å². The molecule has 0 saturated heterocycles. The van der Waals surface area contributed by atoms with Crippen LogP contribution in [-0.4, -0.2) is 6.61 Å². The summed E-state index contributed by atoms with van der Waals surface area (Å²) in [5.41, 5.74) is 1.86. The van der Waals surface area contributed by atoms with Gasteiger partial charge in [-0.05, 0) is 52.2 Å². The first-order valence-electron chi connectivity index (χ1n) is 6.04. The Bertz CT molecular complexity index is 616. The molecular formula is C15H12Br3FO. The van der Waals surface area contributed by atoms with Gasteiger partial charge in [-0.3, -0.25) is 0 Å². The van der Waals surface area contributed by atoms with Gasteiger partial charge in [0.25, 0.3) is 0 Å². The van der Waals surface area contributed by atoms with Crippen molar-refractivity contribution in [2.24, 2.45) is 0 Å². The van der Waals surface area contributed by atoms with Crippen LogP contribution in [0.5, 0.6) is 5.75 Å². The van der Waals surface area contributed by atoms with Crippen molar-refractivity contribution in [3.8, 4) is 5.75 Å². The number of rotatable bonds is 4. The number of hydrogen-bond acceptors (Lipinski definition) is 1. The zero-order valence-corrected chi connectivity index (χ0v) is 15.4. The summed E-state index contributed by atoms with van der Waals surface area (Å²) in [6.07, 6.45) is 0. The van der Waals surface area contributed by atoms with Crippen molar-refractivity contribution in [2.45, 2.75) is 11.8 Å². The van der Waals surface area contributed by atoms with Crippen LogP contribution < -0.4 is 4.74 Å². The Morgan fingerprint density at radius 2 is 1.90 bits per heavy atom. The molecule has 0 aliphatic heterocycles. The van der Waals surface area contributed by atoms with E-state index in [9.17, 15) is 4.39 Å². The van der Waals surface area contributed by atoms with E-state index in [2.05, 4.69) is 47.8 Å². The van der Waals surface area contributed by atoms with Gasteiger partial charge in [0.15, 0.2) is 0 Å². The van der Waals surface area contributed by atoms with Gasteiger partial charge in [-0.1, -0.05) is 50.1 Å². The van der Waals surface area contributed by atoms with Gasteiger partial charge in [0, 0.05) is 4.47 Å². The molecular weight excluding hydrogens is 455 g/mol. The van der Waals surface area contributed by atoms with Crippen molar-refractivity contribution >= 4 is 47.8 Å². The lowest BCUT2D eigenvalue weighted by Gasteiger charge is -2.15. The number of ether oxygens (including phenoxy) is 1. The van der Waals surface area contributed by atoms with Crippen LogP contribution in [0.15, 0.2) is 45.3 Å². The summed E-state index contributed by atoms with van der Waals surface area (Å²) in [6, 6.07) is 10.8. The molecule has 1 unspecified atom stereocenters. The number of benzene rings is 2. The first-order valence-corrected chi connectivity index (χ1v) is 8.55. The Morgan fingerprint density at radius 3 is 2.55 bits per heavy atom. The summed E-state index contributed by atoms with van der Waals surface area (Å²) in [6.45, 7) is 2.57. The van der Waals surface area contributed by atoms with E-state index in [0.717, 1.165) is 21.3 Å². The molecule has 0 spiro atoms. The lowest BCUT2D eigenvalue weighted by atomic mass is 10.0. The maximum atomic E-state index is 13.6. The Hall–Kier alpha value is -0.390. The van der Waals surface area contributed by atoms with E-state index in [0.29, 0.717) is 11.1 Å². The molecule has 0 saturated carbocycles. The molecule has 20 heavy (non-hydrogen) atoms. The van der Waals surface area contributed by atoms with E-state index < -0.39 is 0 Å². The molecule has 1 nitrogen and oxygen atoms in total. The Morgan fingerprint density at radius 1 is 1.15 bits per heavy atom. The van der Waals surface area contributed by atoms with Crippen LogP contribution in [0.1, 0.15) is 22.9 Å². The summed E-state index contributed by atoms with van der Waals surface area (Å²) in [5.74, 6) is 0.537. The lowest BCUT2D eigenvalue weighted by molar-refractivity contribution is 0.340. The normalized spacial score (nSPS) is 12.2. The van der Waals surface area contributed by atoms with Gasteiger partial charge in [-0.25, -0.2) is 4.39 Å². The van der Waals surface area contributed by atoms with Gasteiger partial charge in [-0.2, -0.15) is 0 Å². The summed E-state index contributed by atoms with van der Waals surface area (Å²) < 4.78 is 20.5. The highest BCUT2D eigenvalue weighted by molar-refractivity contribution is 9.11. The van der Waals surface area contributed by atoms with Crippen LogP contribution in [0.4, 0.5) is 4.39 Å². The summed E-state index contributed by atoms with van der Waals surface area (Å²) in [4.78, 5) is -0.113. The van der Waals surface area contributed by atoms with E-state index in [1.165, 1.54) is 6.07 Å². The maximum Gasteiger partial charge on any atom is 0.137 e. The van der Waals surface area contributed by atoms with Gasteiger partial charge in [0.1, 0.15) is 11.6 Å². The molecule has 0 fully saturated rings. The number of alkyl halides is 1. The fourth-order valence-corrected chi connectivity index (χ4v) is 4.33. The standard InChI is InChI=1S/C15H12Br3FO/c1-2-20-9-6-7-10(12(16)8-9)14(17)11-4-3-5-13(19)15(11)18/h3-8,14H,2H2,1H3. The van der Waals surface area contributed by atoms with Crippen LogP contribution in [0.25, 0.3) is 0 Å². The highest BCUT2D eigenvalue weighted by atomic mass is 79.9. The highest BCUT2D eigenvalue weighted by Gasteiger charge is 2.18. The zero-order valence-electron chi connectivity index (χ0n) is 10.7. The molecule has 106 valence electrons. The van der Waals surface area contributed by atoms with E-state index in [1.807, 2.05) is 31.2 Å². The second kappa shape index (κ2) is 7.05. The third kappa shape index (κ3) is 3.43. The minimum absolute atomic E-state index is 0.113. The summed E-state index contributed by atoms with van der Waals surface area (Å²) >= 11 is 10.5. The molecule has 0 aliphatic carbocycles. The molecule has 1 atom stereocenters. The quantitative estimate of drug-likeness (QED) is 0.485. The zero-order chi connectivity index (χ0) is 14.7. The predicted molar refractivity (Wildman–Crippen MR) is 90.2 cm³/mol. The van der Waals surface area contributed by atoms with Crippen molar-refractivity contribution in [1.82, 2.24) is 0 Å². The van der Waals surface area contributed by atoms with Crippen molar-refractivity contribution in [3.05, 3.63) is 62.3 Å². The molecule has 5 heteroatoms. The third-order valence-electron chi connectivity index (χ3n) is 2.81.